The third-order valence-electron chi connectivity index (χ3n) is 8.41. The molecule has 0 atom stereocenters. The molecule has 0 bridgehead atoms. The molecule has 0 N–H and O–H groups in total. The molecule has 37 heavy (non-hydrogen) atoms. The summed E-state index contributed by atoms with van der Waals surface area (Å²) in [6.07, 6.45) is 14.7. The minimum Gasteiger partial charge on any atom is -0.462 e. The summed E-state index contributed by atoms with van der Waals surface area (Å²) in [4.78, 5) is 25.5. The molecule has 0 radical (unpaired) electrons. The largest absolute Gasteiger partial charge is 0.462 e. The van der Waals surface area contributed by atoms with Crippen molar-refractivity contribution in [3.05, 3.63) is 0 Å². The lowest BCUT2D eigenvalue weighted by molar-refractivity contribution is -0.295. The lowest BCUT2D eigenvalue weighted by atomic mass is 9.75. The van der Waals surface area contributed by atoms with Crippen molar-refractivity contribution in [2.45, 2.75) is 174 Å². The van der Waals surface area contributed by atoms with Crippen LogP contribution in [-0.2, 0) is 19.2 Å². The highest BCUT2D eigenvalue weighted by Crippen LogP contribution is 2.44. The lowest BCUT2D eigenvalue weighted by Crippen LogP contribution is -2.63. The van der Waals surface area contributed by atoms with Gasteiger partial charge in [0.1, 0.15) is 6.10 Å². The molecule has 2 heterocycles. The topological polar surface area (TPSA) is 51.2 Å². The van der Waals surface area contributed by atoms with E-state index < -0.39 is 0 Å². The molecular formula is C31H60N2O4. The zero-order chi connectivity index (χ0) is 27.9. The number of hydrogen-bond donors (Lipinski definition) is 0. The standard InChI is InChI=1S/C31H60N2O4/c1-11-12-13-14-15-16-17-18-19-20-36-33-30(6,7)23-26(24-31(33,8)9)37-27(34)25-21-28(2,3)32(35-10)29(4,5)22-25/h25-26H,11-24H2,1-10H3. The summed E-state index contributed by atoms with van der Waals surface area (Å²) in [6, 6.07) is 0. The Balaban J connectivity index is 1.84. The summed E-state index contributed by atoms with van der Waals surface area (Å²) < 4.78 is 6.23. The fraction of sp³-hybridized carbons (Fsp3) is 0.968. The van der Waals surface area contributed by atoms with Crippen LogP contribution in [0.25, 0.3) is 0 Å². The Bertz CT molecular complexity index is 667. The van der Waals surface area contributed by atoms with E-state index in [0.29, 0.717) is 0 Å². The number of hydrogen-bond acceptors (Lipinski definition) is 6. The summed E-state index contributed by atoms with van der Waals surface area (Å²) in [7, 11) is 1.72. The minimum absolute atomic E-state index is 0.0578. The zero-order valence-corrected chi connectivity index (χ0v) is 26.1. The molecule has 2 aliphatic rings. The maximum absolute atomic E-state index is 13.4. The highest BCUT2D eigenvalue weighted by atomic mass is 16.7. The van der Waals surface area contributed by atoms with Gasteiger partial charge < -0.3 is 9.57 Å². The molecule has 0 amide bonds. The number of ether oxygens (including phenoxy) is 1. The van der Waals surface area contributed by atoms with Gasteiger partial charge in [0.2, 0.25) is 0 Å². The van der Waals surface area contributed by atoms with Gasteiger partial charge in [-0.3, -0.25) is 9.63 Å². The first-order chi connectivity index (χ1) is 17.2. The Hall–Kier alpha value is -0.690. The van der Waals surface area contributed by atoms with Crippen molar-refractivity contribution in [1.82, 2.24) is 10.1 Å². The van der Waals surface area contributed by atoms with Gasteiger partial charge in [0.05, 0.1) is 19.6 Å². The van der Waals surface area contributed by atoms with Gasteiger partial charge in [-0.05, 0) is 74.7 Å². The van der Waals surface area contributed by atoms with E-state index >= 15 is 0 Å². The average molecular weight is 525 g/mol. The van der Waals surface area contributed by atoms with Crippen LogP contribution in [0.2, 0.25) is 0 Å². The lowest BCUT2D eigenvalue weighted by Gasteiger charge is -2.54. The third kappa shape index (κ3) is 9.19. The number of carbonyl (C=O) groups excluding carboxylic acids is 1. The Kier molecular flexibility index (Phi) is 11.9. The molecule has 2 fully saturated rings. The third-order valence-corrected chi connectivity index (χ3v) is 8.41. The number of unbranched alkanes of at least 4 members (excludes halogenated alkanes) is 8. The molecular weight excluding hydrogens is 464 g/mol. The first-order valence-corrected chi connectivity index (χ1v) is 15.1. The maximum atomic E-state index is 13.4. The van der Waals surface area contributed by atoms with Crippen LogP contribution < -0.4 is 0 Å². The highest BCUT2D eigenvalue weighted by molar-refractivity contribution is 5.73. The molecule has 0 aromatic rings. The normalized spacial score (nSPS) is 24.3. The summed E-state index contributed by atoms with van der Waals surface area (Å²) in [5, 5.41) is 4.23. The van der Waals surface area contributed by atoms with Gasteiger partial charge in [-0.15, -0.1) is 0 Å². The molecule has 0 aromatic carbocycles. The number of nitrogens with zero attached hydrogens (tertiary/aromatic N) is 2. The van der Waals surface area contributed by atoms with Crippen LogP contribution in [0.15, 0.2) is 0 Å². The molecule has 0 unspecified atom stereocenters. The molecule has 2 aliphatic heterocycles. The van der Waals surface area contributed by atoms with Gasteiger partial charge >= 0.3 is 5.97 Å². The molecule has 2 rings (SSSR count). The average Bonchev–Trinajstić information content (AvgIpc) is 2.74. The zero-order valence-electron chi connectivity index (χ0n) is 26.1. The number of piperidine rings is 2. The summed E-state index contributed by atoms with van der Waals surface area (Å²) in [6.45, 7) is 20.5. The Labute approximate surface area is 229 Å². The van der Waals surface area contributed by atoms with Crippen LogP contribution in [0.4, 0.5) is 0 Å². The van der Waals surface area contributed by atoms with Crippen LogP contribution in [0.5, 0.6) is 0 Å². The molecule has 0 aliphatic carbocycles. The summed E-state index contributed by atoms with van der Waals surface area (Å²) in [5.74, 6) is -0.180. The van der Waals surface area contributed by atoms with E-state index in [1.807, 2.05) is 5.06 Å². The Morgan fingerprint density at radius 3 is 1.57 bits per heavy atom. The first kappa shape index (κ1) is 32.5. The Morgan fingerprint density at radius 2 is 1.11 bits per heavy atom. The monoisotopic (exact) mass is 524 g/mol. The van der Waals surface area contributed by atoms with Crippen LogP contribution >= 0.6 is 0 Å². The quantitative estimate of drug-likeness (QED) is 0.170. The molecule has 0 aromatic heterocycles. The number of rotatable bonds is 14. The first-order valence-electron chi connectivity index (χ1n) is 15.1. The molecule has 6 heteroatoms. The van der Waals surface area contributed by atoms with Crippen LogP contribution in [0, 0.1) is 5.92 Å². The second kappa shape index (κ2) is 13.6. The number of esters is 1. The smallest absolute Gasteiger partial charge is 0.309 e. The molecule has 2 saturated heterocycles. The second-order valence-electron chi connectivity index (χ2n) is 14.3. The molecule has 6 nitrogen and oxygen atoms in total. The molecule has 0 spiro atoms. The van der Waals surface area contributed by atoms with Crippen molar-refractivity contribution in [2.24, 2.45) is 5.92 Å². The van der Waals surface area contributed by atoms with Crippen molar-refractivity contribution >= 4 is 5.97 Å². The highest BCUT2D eigenvalue weighted by Gasteiger charge is 2.51. The van der Waals surface area contributed by atoms with Crippen LogP contribution in [-0.4, -0.2) is 58.1 Å². The minimum atomic E-state index is -0.231. The molecule has 218 valence electrons. The predicted octanol–water partition coefficient (Wildman–Crippen LogP) is 7.84. The Morgan fingerprint density at radius 1 is 0.676 bits per heavy atom. The van der Waals surface area contributed by atoms with E-state index in [9.17, 15) is 4.79 Å². The number of hydroxylamine groups is 4. The van der Waals surface area contributed by atoms with E-state index in [1.54, 1.807) is 7.11 Å². The van der Waals surface area contributed by atoms with E-state index in [1.165, 1.54) is 51.4 Å². The van der Waals surface area contributed by atoms with Crippen molar-refractivity contribution in [1.29, 1.82) is 0 Å². The van der Waals surface area contributed by atoms with Gasteiger partial charge in [0.25, 0.3) is 0 Å². The van der Waals surface area contributed by atoms with Crippen molar-refractivity contribution in [3.63, 3.8) is 0 Å². The van der Waals surface area contributed by atoms with Gasteiger partial charge in [0, 0.05) is 35.0 Å². The van der Waals surface area contributed by atoms with Crippen LogP contribution in [0.1, 0.15) is 146 Å². The van der Waals surface area contributed by atoms with Gasteiger partial charge in [-0.25, -0.2) is 0 Å². The van der Waals surface area contributed by atoms with Crippen molar-refractivity contribution in [2.75, 3.05) is 13.7 Å². The molecule has 0 saturated carbocycles. The summed E-state index contributed by atoms with van der Waals surface area (Å²) >= 11 is 0. The maximum Gasteiger partial charge on any atom is 0.309 e. The van der Waals surface area contributed by atoms with E-state index in [0.717, 1.165) is 38.7 Å². The fourth-order valence-electron chi connectivity index (χ4n) is 7.36. The van der Waals surface area contributed by atoms with Crippen LogP contribution in [0.3, 0.4) is 0 Å². The SMILES string of the molecule is CCCCCCCCCCCON1C(C)(C)CC(OC(=O)C2CC(C)(C)N(OC)C(C)(C)C2)CC1(C)C. The van der Waals surface area contributed by atoms with E-state index in [2.05, 4.69) is 67.4 Å². The van der Waals surface area contributed by atoms with E-state index in [4.69, 9.17) is 14.4 Å². The second-order valence-corrected chi connectivity index (χ2v) is 14.3. The van der Waals surface area contributed by atoms with Crippen molar-refractivity contribution in [3.8, 4) is 0 Å². The predicted molar refractivity (Wildman–Crippen MR) is 152 cm³/mol. The van der Waals surface area contributed by atoms with E-state index in [-0.39, 0.29) is 40.1 Å². The summed E-state index contributed by atoms with van der Waals surface area (Å²) in [5.41, 5.74) is -0.871. The van der Waals surface area contributed by atoms with Crippen molar-refractivity contribution < 1.29 is 19.2 Å². The fourth-order valence-corrected chi connectivity index (χ4v) is 7.36. The van der Waals surface area contributed by atoms with Gasteiger partial charge in [-0.1, -0.05) is 58.3 Å². The van der Waals surface area contributed by atoms with Gasteiger partial charge in [0.15, 0.2) is 0 Å². The van der Waals surface area contributed by atoms with Gasteiger partial charge in [-0.2, -0.15) is 10.1 Å². The number of carbonyl (C=O) groups is 1.